The van der Waals surface area contributed by atoms with E-state index < -0.39 is 6.10 Å². The molecule has 1 heterocycles. The molecule has 1 atom stereocenters. The molecule has 0 spiro atoms. The van der Waals surface area contributed by atoms with E-state index in [1.807, 2.05) is 24.4 Å². The summed E-state index contributed by atoms with van der Waals surface area (Å²) in [6.07, 6.45) is 0.130. The largest absolute Gasteiger partial charge is 0.497 e. The quantitative estimate of drug-likeness (QED) is 0.841. The van der Waals surface area contributed by atoms with Gasteiger partial charge in [-0.25, -0.2) is 4.98 Å². The van der Waals surface area contributed by atoms with E-state index in [-0.39, 0.29) is 5.91 Å². The van der Waals surface area contributed by atoms with Crippen LogP contribution in [-0.2, 0) is 9.53 Å². The highest BCUT2D eigenvalue weighted by atomic mass is 32.1. The average molecular weight is 336 g/mol. The molecule has 0 radical (unpaired) electrons. The molecule has 0 aliphatic rings. The van der Waals surface area contributed by atoms with Crippen molar-refractivity contribution >= 4 is 22.4 Å². The van der Waals surface area contributed by atoms with Crippen LogP contribution in [0.15, 0.2) is 23.6 Å². The van der Waals surface area contributed by atoms with Gasteiger partial charge in [0, 0.05) is 24.1 Å². The van der Waals surface area contributed by atoms with Gasteiger partial charge in [-0.3, -0.25) is 10.1 Å². The molecule has 0 fully saturated rings. The van der Waals surface area contributed by atoms with Crippen molar-refractivity contribution in [2.24, 2.45) is 0 Å². The van der Waals surface area contributed by atoms with Crippen molar-refractivity contribution in [3.8, 4) is 22.8 Å². The van der Waals surface area contributed by atoms with Crippen molar-refractivity contribution < 1.29 is 19.0 Å². The Morgan fingerprint density at radius 2 is 2.09 bits per heavy atom. The summed E-state index contributed by atoms with van der Waals surface area (Å²) in [5.74, 6) is 1.17. The standard InChI is InChI=1S/C16H20N2O4S/c1-5-13(21-3)15(19)18-16-17-12(9-23-16)11-7-6-10(20-2)8-14(11)22-4/h6-9,13H,5H2,1-4H3,(H,17,18,19)/t13-/m0/s1. The third-order valence-corrected chi connectivity index (χ3v) is 4.12. The predicted octanol–water partition coefficient (Wildman–Crippen LogP) is 3.19. The highest BCUT2D eigenvalue weighted by molar-refractivity contribution is 7.14. The van der Waals surface area contributed by atoms with E-state index in [1.54, 1.807) is 20.3 Å². The minimum Gasteiger partial charge on any atom is -0.497 e. The number of hydrogen-bond donors (Lipinski definition) is 1. The van der Waals surface area contributed by atoms with Gasteiger partial charge in [-0.15, -0.1) is 11.3 Å². The van der Waals surface area contributed by atoms with Crippen molar-refractivity contribution in [1.29, 1.82) is 0 Å². The van der Waals surface area contributed by atoms with Crippen LogP contribution in [0.4, 0.5) is 5.13 Å². The zero-order valence-electron chi connectivity index (χ0n) is 13.6. The number of methoxy groups -OCH3 is 3. The van der Waals surface area contributed by atoms with Crippen molar-refractivity contribution in [2.75, 3.05) is 26.6 Å². The molecule has 6 nitrogen and oxygen atoms in total. The minimum atomic E-state index is -0.474. The summed E-state index contributed by atoms with van der Waals surface area (Å²) in [6, 6.07) is 5.51. The van der Waals surface area contributed by atoms with Gasteiger partial charge in [-0.2, -0.15) is 0 Å². The van der Waals surface area contributed by atoms with E-state index in [1.165, 1.54) is 18.4 Å². The van der Waals surface area contributed by atoms with Gasteiger partial charge >= 0.3 is 0 Å². The lowest BCUT2D eigenvalue weighted by Crippen LogP contribution is -2.28. The fraction of sp³-hybridized carbons (Fsp3) is 0.375. The number of anilines is 1. The molecule has 124 valence electrons. The van der Waals surface area contributed by atoms with Crippen LogP contribution in [0.3, 0.4) is 0 Å². The number of rotatable bonds is 7. The molecule has 0 saturated carbocycles. The molecule has 1 N–H and O–H groups in total. The molecule has 0 saturated heterocycles. The van der Waals surface area contributed by atoms with Crippen LogP contribution in [0.1, 0.15) is 13.3 Å². The number of nitrogens with one attached hydrogen (secondary N) is 1. The van der Waals surface area contributed by atoms with Gasteiger partial charge in [0.05, 0.1) is 19.9 Å². The van der Waals surface area contributed by atoms with Gasteiger partial charge in [0.15, 0.2) is 5.13 Å². The average Bonchev–Trinajstić information content (AvgIpc) is 3.03. The lowest BCUT2D eigenvalue weighted by Gasteiger charge is -2.11. The number of ether oxygens (including phenoxy) is 3. The second-order valence-electron chi connectivity index (χ2n) is 4.73. The Morgan fingerprint density at radius 3 is 2.70 bits per heavy atom. The fourth-order valence-corrected chi connectivity index (χ4v) is 2.82. The molecule has 1 amide bonds. The summed E-state index contributed by atoms with van der Waals surface area (Å²) in [6.45, 7) is 1.89. The highest BCUT2D eigenvalue weighted by Crippen LogP contribution is 2.34. The SMILES string of the molecule is CC[C@H](OC)C(=O)Nc1nc(-c2ccc(OC)cc2OC)cs1. The Balaban J connectivity index is 2.21. The molecule has 2 rings (SSSR count). The first-order chi connectivity index (χ1) is 11.1. The number of hydrogen-bond acceptors (Lipinski definition) is 6. The third kappa shape index (κ3) is 4.00. The van der Waals surface area contributed by atoms with Crippen LogP contribution in [0.5, 0.6) is 11.5 Å². The number of carbonyl (C=O) groups excluding carboxylic acids is 1. The number of benzene rings is 1. The molecule has 0 unspecified atom stereocenters. The summed E-state index contributed by atoms with van der Waals surface area (Å²) in [4.78, 5) is 16.5. The third-order valence-electron chi connectivity index (χ3n) is 3.37. The lowest BCUT2D eigenvalue weighted by atomic mass is 10.1. The Kier molecular flexibility index (Phi) is 5.95. The molecule has 0 aliphatic heterocycles. The smallest absolute Gasteiger partial charge is 0.255 e. The summed E-state index contributed by atoms with van der Waals surface area (Å²) in [5.41, 5.74) is 1.57. The first-order valence-corrected chi connectivity index (χ1v) is 8.02. The second-order valence-corrected chi connectivity index (χ2v) is 5.58. The monoisotopic (exact) mass is 336 g/mol. The molecule has 0 aliphatic carbocycles. The number of carbonyl (C=O) groups is 1. The van der Waals surface area contributed by atoms with Gasteiger partial charge in [0.25, 0.3) is 5.91 Å². The van der Waals surface area contributed by atoms with Crippen LogP contribution in [-0.4, -0.2) is 38.3 Å². The fourth-order valence-electron chi connectivity index (χ4n) is 2.11. The van der Waals surface area contributed by atoms with Crippen LogP contribution in [0.25, 0.3) is 11.3 Å². The van der Waals surface area contributed by atoms with Crippen molar-refractivity contribution in [1.82, 2.24) is 4.98 Å². The second kappa shape index (κ2) is 7.94. The van der Waals surface area contributed by atoms with E-state index >= 15 is 0 Å². The van der Waals surface area contributed by atoms with E-state index in [9.17, 15) is 4.79 Å². The molecular formula is C16H20N2O4S. The number of amides is 1. The van der Waals surface area contributed by atoms with Crippen LogP contribution < -0.4 is 14.8 Å². The summed E-state index contributed by atoms with van der Waals surface area (Å²) < 4.78 is 15.7. The first kappa shape index (κ1) is 17.2. The zero-order valence-corrected chi connectivity index (χ0v) is 14.4. The topological polar surface area (TPSA) is 69.7 Å². The Labute approximate surface area is 139 Å². The maximum absolute atomic E-state index is 12.0. The summed E-state index contributed by atoms with van der Waals surface area (Å²) in [5, 5.41) is 5.17. The lowest BCUT2D eigenvalue weighted by molar-refractivity contribution is -0.125. The molecular weight excluding hydrogens is 316 g/mol. The predicted molar refractivity (Wildman–Crippen MR) is 90.4 cm³/mol. The molecule has 23 heavy (non-hydrogen) atoms. The molecule has 1 aromatic heterocycles. The normalized spacial score (nSPS) is 11.8. The first-order valence-electron chi connectivity index (χ1n) is 7.14. The van der Waals surface area contributed by atoms with Crippen molar-refractivity contribution in [3.05, 3.63) is 23.6 Å². The van der Waals surface area contributed by atoms with Crippen LogP contribution in [0.2, 0.25) is 0 Å². The van der Waals surface area contributed by atoms with Crippen LogP contribution >= 0.6 is 11.3 Å². The Bertz CT molecular complexity index is 668. The Morgan fingerprint density at radius 1 is 1.30 bits per heavy atom. The van der Waals surface area contributed by atoms with Gasteiger partial charge < -0.3 is 14.2 Å². The van der Waals surface area contributed by atoms with Crippen molar-refractivity contribution in [2.45, 2.75) is 19.4 Å². The van der Waals surface area contributed by atoms with E-state index in [2.05, 4.69) is 10.3 Å². The maximum atomic E-state index is 12.0. The number of thiazole rings is 1. The highest BCUT2D eigenvalue weighted by Gasteiger charge is 2.18. The van der Waals surface area contributed by atoms with Gasteiger partial charge in [0.1, 0.15) is 17.6 Å². The minimum absolute atomic E-state index is 0.197. The van der Waals surface area contributed by atoms with Gasteiger partial charge in [-0.1, -0.05) is 6.92 Å². The number of nitrogens with zero attached hydrogens (tertiary/aromatic N) is 1. The zero-order chi connectivity index (χ0) is 16.8. The number of aromatic nitrogens is 1. The van der Waals surface area contributed by atoms with Gasteiger partial charge in [-0.05, 0) is 18.6 Å². The maximum Gasteiger partial charge on any atom is 0.255 e. The Hall–Kier alpha value is -2.12. The van der Waals surface area contributed by atoms with Crippen LogP contribution in [0, 0.1) is 0 Å². The van der Waals surface area contributed by atoms with E-state index in [4.69, 9.17) is 14.2 Å². The summed E-state index contributed by atoms with van der Waals surface area (Å²) >= 11 is 1.35. The molecule has 7 heteroatoms. The molecule has 2 aromatic rings. The van der Waals surface area contributed by atoms with Gasteiger partial charge in [0.2, 0.25) is 0 Å². The van der Waals surface area contributed by atoms with Crippen molar-refractivity contribution in [3.63, 3.8) is 0 Å². The summed E-state index contributed by atoms with van der Waals surface area (Å²) in [7, 11) is 4.71. The molecule has 1 aromatic carbocycles. The molecule has 0 bridgehead atoms. The van der Waals surface area contributed by atoms with E-state index in [0.717, 1.165) is 11.3 Å². The van der Waals surface area contributed by atoms with E-state index in [0.29, 0.717) is 23.1 Å².